The molecule has 5 heteroatoms. The van der Waals surface area contributed by atoms with Crippen molar-refractivity contribution < 1.29 is 9.31 Å². The van der Waals surface area contributed by atoms with Crippen LogP contribution in [-0.2, 0) is 12.8 Å². The van der Waals surface area contributed by atoms with E-state index in [1.165, 1.54) is 23.3 Å². The second kappa shape index (κ2) is 5.52. The first kappa shape index (κ1) is 13.5. The SMILES string of the molecule is O=[N+]([O-])c1ccc(NC2CCc3ccccc3C2)cc1F. The highest BCUT2D eigenvalue weighted by Gasteiger charge is 2.19. The molecule has 108 valence electrons. The average Bonchev–Trinajstić information content (AvgIpc) is 2.47. The van der Waals surface area contributed by atoms with Crippen LogP contribution < -0.4 is 5.32 Å². The Balaban J connectivity index is 1.73. The molecule has 2 aromatic carbocycles. The number of nitro groups is 1. The lowest BCUT2D eigenvalue weighted by atomic mass is 9.88. The molecule has 0 spiro atoms. The molecule has 0 heterocycles. The summed E-state index contributed by atoms with van der Waals surface area (Å²) in [6, 6.07) is 12.5. The largest absolute Gasteiger partial charge is 0.382 e. The number of hydrogen-bond donors (Lipinski definition) is 1. The van der Waals surface area contributed by atoms with Crippen LogP contribution in [0.5, 0.6) is 0 Å². The van der Waals surface area contributed by atoms with E-state index in [1.54, 1.807) is 6.07 Å². The van der Waals surface area contributed by atoms with Gasteiger partial charge in [0.2, 0.25) is 5.82 Å². The molecule has 21 heavy (non-hydrogen) atoms. The molecular weight excluding hydrogens is 271 g/mol. The van der Waals surface area contributed by atoms with Crippen molar-refractivity contribution in [2.75, 3.05) is 5.32 Å². The predicted molar refractivity (Wildman–Crippen MR) is 78.9 cm³/mol. The second-order valence-corrected chi connectivity index (χ2v) is 5.28. The van der Waals surface area contributed by atoms with E-state index in [4.69, 9.17) is 0 Å². The van der Waals surface area contributed by atoms with Crippen molar-refractivity contribution in [3.05, 3.63) is 69.5 Å². The van der Waals surface area contributed by atoms with Crippen LogP contribution in [0.1, 0.15) is 17.5 Å². The lowest BCUT2D eigenvalue weighted by molar-refractivity contribution is -0.387. The first-order valence-corrected chi connectivity index (χ1v) is 6.91. The van der Waals surface area contributed by atoms with Crippen molar-refractivity contribution in [1.82, 2.24) is 0 Å². The van der Waals surface area contributed by atoms with Crippen LogP contribution in [0.4, 0.5) is 15.8 Å². The fraction of sp³-hybridized carbons (Fsp3) is 0.250. The first-order valence-electron chi connectivity index (χ1n) is 6.91. The van der Waals surface area contributed by atoms with E-state index in [0.717, 1.165) is 19.3 Å². The number of aryl methyl sites for hydroxylation is 1. The molecular formula is C16H15FN2O2. The van der Waals surface area contributed by atoms with E-state index in [9.17, 15) is 14.5 Å². The Labute approximate surface area is 121 Å². The summed E-state index contributed by atoms with van der Waals surface area (Å²) in [4.78, 5) is 9.89. The molecule has 0 amide bonds. The van der Waals surface area contributed by atoms with Crippen LogP contribution in [0.2, 0.25) is 0 Å². The minimum absolute atomic E-state index is 0.223. The van der Waals surface area contributed by atoms with Gasteiger partial charge in [-0.05, 0) is 36.5 Å². The van der Waals surface area contributed by atoms with E-state index in [0.29, 0.717) is 5.69 Å². The van der Waals surface area contributed by atoms with Gasteiger partial charge in [-0.3, -0.25) is 10.1 Å². The van der Waals surface area contributed by atoms with Gasteiger partial charge in [0.15, 0.2) is 0 Å². The number of hydrogen-bond acceptors (Lipinski definition) is 3. The van der Waals surface area contributed by atoms with Gasteiger partial charge in [-0.25, -0.2) is 0 Å². The minimum atomic E-state index is -0.804. The number of anilines is 1. The molecule has 1 N–H and O–H groups in total. The lowest BCUT2D eigenvalue weighted by Crippen LogP contribution is -2.27. The summed E-state index contributed by atoms with van der Waals surface area (Å²) in [7, 11) is 0. The highest BCUT2D eigenvalue weighted by Crippen LogP contribution is 2.26. The lowest BCUT2D eigenvalue weighted by Gasteiger charge is -2.26. The van der Waals surface area contributed by atoms with Gasteiger partial charge in [-0.15, -0.1) is 0 Å². The number of halogens is 1. The average molecular weight is 286 g/mol. The fourth-order valence-corrected chi connectivity index (χ4v) is 2.80. The molecule has 0 saturated carbocycles. The quantitative estimate of drug-likeness (QED) is 0.691. The first-order chi connectivity index (χ1) is 10.1. The fourth-order valence-electron chi connectivity index (χ4n) is 2.80. The van der Waals surface area contributed by atoms with Gasteiger partial charge in [-0.1, -0.05) is 24.3 Å². The summed E-state index contributed by atoms with van der Waals surface area (Å²) in [6.07, 6.45) is 2.84. The van der Waals surface area contributed by atoms with Crippen LogP contribution in [-0.4, -0.2) is 11.0 Å². The molecule has 0 saturated heterocycles. The van der Waals surface area contributed by atoms with Crippen LogP contribution in [0.15, 0.2) is 42.5 Å². The van der Waals surface area contributed by atoms with Crippen LogP contribution in [0, 0.1) is 15.9 Å². The van der Waals surface area contributed by atoms with Crippen LogP contribution in [0.3, 0.4) is 0 Å². The van der Waals surface area contributed by atoms with Crippen molar-refractivity contribution >= 4 is 11.4 Å². The molecule has 4 nitrogen and oxygen atoms in total. The number of nitrogens with one attached hydrogen (secondary N) is 1. The van der Waals surface area contributed by atoms with Gasteiger partial charge in [0, 0.05) is 23.9 Å². The Morgan fingerprint density at radius 3 is 2.67 bits per heavy atom. The molecule has 3 rings (SSSR count). The summed E-state index contributed by atoms with van der Waals surface area (Å²) in [6.45, 7) is 0. The minimum Gasteiger partial charge on any atom is -0.382 e. The molecule has 0 fully saturated rings. The molecule has 2 aromatic rings. The molecule has 1 aliphatic carbocycles. The zero-order chi connectivity index (χ0) is 14.8. The normalized spacial score (nSPS) is 17.1. The van der Waals surface area contributed by atoms with Gasteiger partial charge in [-0.2, -0.15) is 4.39 Å². The van der Waals surface area contributed by atoms with Crippen molar-refractivity contribution in [1.29, 1.82) is 0 Å². The van der Waals surface area contributed by atoms with Crippen molar-refractivity contribution in [2.24, 2.45) is 0 Å². The Morgan fingerprint density at radius 1 is 1.19 bits per heavy atom. The summed E-state index contributed by atoms with van der Waals surface area (Å²) < 4.78 is 13.6. The predicted octanol–water partition coefficient (Wildman–Crippen LogP) is 3.70. The third-order valence-electron chi connectivity index (χ3n) is 3.86. The maximum Gasteiger partial charge on any atom is 0.304 e. The van der Waals surface area contributed by atoms with E-state index in [2.05, 4.69) is 17.4 Å². The molecule has 1 atom stereocenters. The van der Waals surface area contributed by atoms with E-state index in [1.807, 2.05) is 12.1 Å². The van der Waals surface area contributed by atoms with Crippen LogP contribution >= 0.6 is 0 Å². The number of fused-ring (bicyclic) bond motifs is 1. The summed E-state index contributed by atoms with van der Waals surface area (Å²) in [5.41, 5.74) is 2.77. The molecule has 1 unspecified atom stereocenters. The monoisotopic (exact) mass is 286 g/mol. The number of nitro benzene ring substituents is 1. The van der Waals surface area contributed by atoms with Gasteiger partial charge < -0.3 is 5.32 Å². The molecule has 0 radical (unpaired) electrons. The molecule has 1 aliphatic rings. The Bertz CT molecular complexity index is 688. The smallest absolute Gasteiger partial charge is 0.304 e. The zero-order valence-electron chi connectivity index (χ0n) is 11.4. The number of rotatable bonds is 3. The third-order valence-corrected chi connectivity index (χ3v) is 3.86. The molecule has 0 bridgehead atoms. The highest BCUT2D eigenvalue weighted by molar-refractivity contribution is 5.50. The highest BCUT2D eigenvalue weighted by atomic mass is 19.1. The van der Waals surface area contributed by atoms with Gasteiger partial charge in [0.25, 0.3) is 0 Å². The Morgan fingerprint density at radius 2 is 1.95 bits per heavy atom. The maximum absolute atomic E-state index is 13.6. The van der Waals surface area contributed by atoms with E-state index >= 15 is 0 Å². The zero-order valence-corrected chi connectivity index (χ0v) is 11.4. The Hall–Kier alpha value is -2.43. The molecule has 0 aliphatic heterocycles. The summed E-state index contributed by atoms with van der Waals surface area (Å²) in [5.74, 6) is -0.804. The summed E-state index contributed by atoms with van der Waals surface area (Å²) in [5, 5.41) is 13.9. The number of benzene rings is 2. The van der Waals surface area contributed by atoms with Gasteiger partial charge in [0.1, 0.15) is 0 Å². The van der Waals surface area contributed by atoms with E-state index < -0.39 is 16.4 Å². The Kier molecular flexibility index (Phi) is 3.56. The van der Waals surface area contributed by atoms with Crippen molar-refractivity contribution in [2.45, 2.75) is 25.3 Å². The van der Waals surface area contributed by atoms with E-state index in [-0.39, 0.29) is 6.04 Å². The van der Waals surface area contributed by atoms with Crippen molar-refractivity contribution in [3.63, 3.8) is 0 Å². The number of nitrogens with zero attached hydrogens (tertiary/aromatic N) is 1. The van der Waals surface area contributed by atoms with Crippen LogP contribution in [0.25, 0.3) is 0 Å². The third kappa shape index (κ3) is 2.86. The maximum atomic E-state index is 13.6. The summed E-state index contributed by atoms with van der Waals surface area (Å²) >= 11 is 0. The van der Waals surface area contributed by atoms with Gasteiger partial charge in [0.05, 0.1) is 4.92 Å². The topological polar surface area (TPSA) is 55.2 Å². The van der Waals surface area contributed by atoms with Crippen molar-refractivity contribution in [3.8, 4) is 0 Å². The standard InChI is InChI=1S/C16H15FN2O2/c17-15-10-14(7-8-16(15)19(20)21)18-13-6-5-11-3-1-2-4-12(11)9-13/h1-4,7-8,10,13,18H,5-6,9H2. The molecule has 0 aromatic heterocycles. The van der Waals surface area contributed by atoms with Gasteiger partial charge >= 0.3 is 5.69 Å². The second-order valence-electron chi connectivity index (χ2n) is 5.28.